The number of ketones is 1. The van der Waals surface area contributed by atoms with E-state index in [1.807, 2.05) is 0 Å². The summed E-state index contributed by atoms with van der Waals surface area (Å²) in [7, 11) is 0. The van der Waals surface area contributed by atoms with Gasteiger partial charge in [-0.25, -0.2) is 4.39 Å². The summed E-state index contributed by atoms with van der Waals surface area (Å²) in [6.45, 7) is 0. The number of hydrogen-bond donors (Lipinski definition) is 0. The van der Waals surface area contributed by atoms with E-state index in [0.29, 0.717) is 6.20 Å². The van der Waals surface area contributed by atoms with Crippen molar-refractivity contribution in [2.75, 3.05) is 0 Å². The van der Waals surface area contributed by atoms with Crippen molar-refractivity contribution >= 4 is 5.78 Å². The van der Waals surface area contributed by atoms with Crippen LogP contribution < -0.4 is 0 Å². The van der Waals surface area contributed by atoms with Gasteiger partial charge in [-0.15, -0.1) is 0 Å². The lowest BCUT2D eigenvalue weighted by atomic mass is 10.1. The third-order valence-electron chi connectivity index (χ3n) is 2.41. The summed E-state index contributed by atoms with van der Waals surface area (Å²) >= 11 is 0. The second-order valence-corrected chi connectivity index (χ2v) is 3.77. The molecule has 0 bridgehead atoms. The largest absolute Gasteiger partial charge is 0.417 e. The molecule has 0 aliphatic carbocycles. The molecule has 2 aromatic rings. The summed E-state index contributed by atoms with van der Waals surface area (Å²) in [5.41, 5.74) is -1.07. The second-order valence-electron chi connectivity index (χ2n) is 3.77. The predicted molar refractivity (Wildman–Crippen MR) is 59.1 cm³/mol. The molecule has 0 atom stereocenters. The topological polar surface area (TPSA) is 30.0 Å². The lowest BCUT2D eigenvalue weighted by molar-refractivity contribution is -0.137. The van der Waals surface area contributed by atoms with Crippen molar-refractivity contribution < 1.29 is 22.4 Å². The highest BCUT2D eigenvalue weighted by atomic mass is 19.4. The number of rotatable bonds is 2. The van der Waals surface area contributed by atoms with Gasteiger partial charge in [0.25, 0.3) is 0 Å². The molecule has 2 rings (SSSR count). The van der Waals surface area contributed by atoms with Gasteiger partial charge in [-0.3, -0.25) is 9.78 Å². The molecule has 1 aromatic carbocycles. The Morgan fingerprint density at radius 3 is 2.37 bits per heavy atom. The number of aromatic nitrogens is 1. The van der Waals surface area contributed by atoms with Gasteiger partial charge in [-0.05, 0) is 24.3 Å². The highest BCUT2D eigenvalue weighted by Crippen LogP contribution is 2.28. The standard InChI is InChI=1S/C13H7F4NO/c14-10-3-1-2-8(6-10)12(19)11-5-4-9(7-18-11)13(15,16)17/h1-7H. The van der Waals surface area contributed by atoms with Crippen LogP contribution in [0.25, 0.3) is 0 Å². The van der Waals surface area contributed by atoms with E-state index in [1.165, 1.54) is 12.1 Å². The average Bonchev–Trinajstić information content (AvgIpc) is 2.37. The molecule has 0 N–H and O–H groups in total. The predicted octanol–water partition coefficient (Wildman–Crippen LogP) is 3.47. The van der Waals surface area contributed by atoms with Crippen molar-refractivity contribution in [3.8, 4) is 0 Å². The highest BCUT2D eigenvalue weighted by Gasteiger charge is 2.30. The molecule has 6 heteroatoms. The zero-order chi connectivity index (χ0) is 14.0. The van der Waals surface area contributed by atoms with E-state index in [9.17, 15) is 22.4 Å². The van der Waals surface area contributed by atoms with Gasteiger partial charge in [0.1, 0.15) is 11.5 Å². The van der Waals surface area contributed by atoms with E-state index in [4.69, 9.17) is 0 Å². The maximum Gasteiger partial charge on any atom is 0.417 e. The van der Waals surface area contributed by atoms with Crippen molar-refractivity contribution in [3.05, 3.63) is 65.2 Å². The van der Waals surface area contributed by atoms with Gasteiger partial charge in [0.05, 0.1) is 5.56 Å². The lowest BCUT2D eigenvalue weighted by Gasteiger charge is -2.06. The molecule has 0 amide bonds. The maximum absolute atomic E-state index is 12.9. The van der Waals surface area contributed by atoms with Crippen LogP contribution in [0.5, 0.6) is 0 Å². The van der Waals surface area contributed by atoms with Crippen LogP contribution in [-0.2, 0) is 6.18 Å². The van der Waals surface area contributed by atoms with E-state index >= 15 is 0 Å². The molecule has 0 radical (unpaired) electrons. The van der Waals surface area contributed by atoms with Crippen LogP contribution in [0.2, 0.25) is 0 Å². The van der Waals surface area contributed by atoms with Crippen LogP contribution in [0.4, 0.5) is 17.6 Å². The number of hydrogen-bond acceptors (Lipinski definition) is 2. The van der Waals surface area contributed by atoms with E-state index < -0.39 is 23.3 Å². The number of carbonyl (C=O) groups is 1. The zero-order valence-corrected chi connectivity index (χ0v) is 9.41. The number of nitrogens with zero attached hydrogens (tertiary/aromatic N) is 1. The summed E-state index contributed by atoms with van der Waals surface area (Å²) < 4.78 is 49.9. The molecule has 1 heterocycles. The van der Waals surface area contributed by atoms with Crippen LogP contribution in [0, 0.1) is 5.82 Å². The molecule has 98 valence electrons. The van der Waals surface area contributed by atoms with Crippen LogP contribution in [0.3, 0.4) is 0 Å². The minimum absolute atomic E-state index is 0.0345. The summed E-state index contributed by atoms with van der Waals surface area (Å²) in [6.07, 6.45) is -3.93. The Kier molecular flexibility index (Phi) is 3.33. The van der Waals surface area contributed by atoms with Crippen LogP contribution >= 0.6 is 0 Å². The number of carbonyl (C=O) groups excluding carboxylic acids is 1. The van der Waals surface area contributed by atoms with Crippen molar-refractivity contribution in [1.29, 1.82) is 0 Å². The summed E-state index contributed by atoms with van der Waals surface area (Å²) in [5.74, 6) is -1.23. The Balaban J connectivity index is 2.30. The van der Waals surface area contributed by atoms with Gasteiger partial charge < -0.3 is 0 Å². The Bertz CT molecular complexity index is 605. The van der Waals surface area contributed by atoms with Crippen molar-refractivity contribution in [2.24, 2.45) is 0 Å². The molecule has 0 unspecified atom stereocenters. The third-order valence-corrected chi connectivity index (χ3v) is 2.41. The lowest BCUT2D eigenvalue weighted by Crippen LogP contribution is -2.09. The monoisotopic (exact) mass is 269 g/mol. The van der Waals surface area contributed by atoms with E-state index in [1.54, 1.807) is 0 Å². The Morgan fingerprint density at radius 1 is 1.11 bits per heavy atom. The Morgan fingerprint density at radius 2 is 1.84 bits per heavy atom. The normalized spacial score (nSPS) is 11.4. The van der Waals surface area contributed by atoms with Gasteiger partial charge in [-0.1, -0.05) is 12.1 Å². The van der Waals surface area contributed by atoms with Crippen LogP contribution in [0.15, 0.2) is 42.6 Å². The second kappa shape index (κ2) is 4.79. The third kappa shape index (κ3) is 2.96. The van der Waals surface area contributed by atoms with Crippen molar-refractivity contribution in [3.63, 3.8) is 0 Å². The van der Waals surface area contributed by atoms with Gasteiger partial charge in [0.15, 0.2) is 0 Å². The molecule has 0 spiro atoms. The molecule has 1 aromatic heterocycles. The molecule has 2 nitrogen and oxygen atoms in total. The number of benzene rings is 1. The van der Waals surface area contributed by atoms with E-state index in [0.717, 1.165) is 24.3 Å². The van der Waals surface area contributed by atoms with Gasteiger partial charge in [0.2, 0.25) is 5.78 Å². The number of pyridine rings is 1. The molecule has 0 aliphatic heterocycles. The Hall–Kier alpha value is -2.24. The fraction of sp³-hybridized carbons (Fsp3) is 0.0769. The molecular formula is C13H7F4NO. The molecule has 0 aliphatic rings. The van der Waals surface area contributed by atoms with E-state index in [2.05, 4.69) is 4.98 Å². The minimum Gasteiger partial charge on any atom is -0.287 e. The SMILES string of the molecule is O=C(c1cccc(F)c1)c1ccc(C(F)(F)F)cn1. The first-order valence-electron chi connectivity index (χ1n) is 5.21. The molecule has 0 saturated carbocycles. The molecule has 0 fully saturated rings. The summed E-state index contributed by atoms with van der Waals surface area (Å²) in [5, 5.41) is 0. The fourth-order valence-corrected chi connectivity index (χ4v) is 1.47. The fourth-order valence-electron chi connectivity index (χ4n) is 1.47. The summed E-state index contributed by atoms with van der Waals surface area (Å²) in [6, 6.07) is 6.60. The Labute approximate surface area is 105 Å². The molecule has 0 saturated heterocycles. The first-order valence-corrected chi connectivity index (χ1v) is 5.21. The summed E-state index contributed by atoms with van der Waals surface area (Å²) in [4.78, 5) is 15.3. The maximum atomic E-state index is 12.9. The van der Waals surface area contributed by atoms with Crippen LogP contribution in [0.1, 0.15) is 21.6 Å². The molecular weight excluding hydrogens is 262 g/mol. The van der Waals surface area contributed by atoms with Crippen molar-refractivity contribution in [1.82, 2.24) is 4.98 Å². The zero-order valence-electron chi connectivity index (χ0n) is 9.41. The highest BCUT2D eigenvalue weighted by molar-refractivity contribution is 6.07. The van der Waals surface area contributed by atoms with Gasteiger partial charge in [-0.2, -0.15) is 13.2 Å². The first-order chi connectivity index (χ1) is 8.88. The smallest absolute Gasteiger partial charge is 0.287 e. The number of alkyl halides is 3. The quantitative estimate of drug-likeness (QED) is 0.617. The average molecular weight is 269 g/mol. The van der Waals surface area contributed by atoms with Gasteiger partial charge in [0, 0.05) is 11.8 Å². The number of halogens is 4. The van der Waals surface area contributed by atoms with Crippen molar-refractivity contribution in [2.45, 2.75) is 6.18 Å². The minimum atomic E-state index is -4.51. The van der Waals surface area contributed by atoms with E-state index in [-0.39, 0.29) is 11.3 Å². The first kappa shape index (κ1) is 13.2. The van der Waals surface area contributed by atoms with Crippen LogP contribution in [-0.4, -0.2) is 10.8 Å². The van der Waals surface area contributed by atoms with Gasteiger partial charge >= 0.3 is 6.18 Å². The molecule has 19 heavy (non-hydrogen) atoms.